The fourth-order valence-electron chi connectivity index (χ4n) is 7.41. The summed E-state index contributed by atoms with van der Waals surface area (Å²) in [5.41, 5.74) is -2.44. The molecule has 32 heavy (non-hydrogen) atoms. The van der Waals surface area contributed by atoms with E-state index in [1.54, 1.807) is 6.07 Å². The van der Waals surface area contributed by atoms with E-state index in [0.29, 0.717) is 43.5 Å². The second-order valence-corrected chi connectivity index (χ2v) is 9.29. The summed E-state index contributed by atoms with van der Waals surface area (Å²) < 4.78 is 16.8. The molecule has 1 saturated heterocycles. The molecule has 1 spiro atoms. The standard InChI is InChI=1S/C23H24N2O7/c1-30-18(26)21-8-4-11-24-12-10-22(17(21)24)13-5-3-6-14-16(13)25(20(28)32-14)23(29,19(27)31-2)15(22)7-9-21/h3-6,8,15,17,29H,7,9-12H2,1-2H3/t15-,17+,21-,22+,23+/m1/s1. The zero-order chi connectivity index (χ0) is 22.5. The molecule has 0 bridgehead atoms. The molecule has 1 N–H and O–H groups in total. The quantitative estimate of drug-likeness (QED) is 0.541. The number of ether oxygens (including phenoxy) is 2. The minimum atomic E-state index is -2.25. The van der Waals surface area contributed by atoms with Gasteiger partial charge in [-0.05, 0) is 37.4 Å². The van der Waals surface area contributed by atoms with Crippen molar-refractivity contribution in [1.82, 2.24) is 9.47 Å². The molecule has 0 radical (unpaired) electrons. The number of hydrogen-bond donors (Lipinski definition) is 1. The predicted molar refractivity (Wildman–Crippen MR) is 111 cm³/mol. The molecule has 4 heterocycles. The van der Waals surface area contributed by atoms with Crippen molar-refractivity contribution in [2.45, 2.75) is 36.4 Å². The Morgan fingerprint density at radius 2 is 1.97 bits per heavy atom. The van der Waals surface area contributed by atoms with Gasteiger partial charge in [-0.1, -0.05) is 24.3 Å². The Morgan fingerprint density at radius 3 is 2.72 bits per heavy atom. The second kappa shape index (κ2) is 6.11. The van der Waals surface area contributed by atoms with Crippen molar-refractivity contribution in [3.63, 3.8) is 0 Å². The van der Waals surface area contributed by atoms with Gasteiger partial charge < -0.3 is 19.0 Å². The molecule has 1 aliphatic carbocycles. The number of rotatable bonds is 2. The fourth-order valence-corrected chi connectivity index (χ4v) is 7.41. The van der Waals surface area contributed by atoms with Crippen LogP contribution >= 0.6 is 0 Å². The van der Waals surface area contributed by atoms with Gasteiger partial charge in [-0.15, -0.1) is 0 Å². The van der Waals surface area contributed by atoms with Crippen molar-refractivity contribution >= 4 is 23.0 Å². The lowest BCUT2D eigenvalue weighted by Crippen LogP contribution is -2.70. The van der Waals surface area contributed by atoms with E-state index in [2.05, 4.69) is 4.90 Å². The molecule has 1 saturated carbocycles. The third-order valence-corrected chi connectivity index (χ3v) is 8.36. The number of para-hydroxylation sites is 1. The van der Waals surface area contributed by atoms with Gasteiger partial charge in [-0.2, -0.15) is 0 Å². The SMILES string of the molecule is COC(=O)[C@]12C=CCN3CC[C@@]4(c5cccc6oc(=O)n(c56)[C@@](O)(C(=O)OC)[C@@H]4CC1)[C@@H]32. The number of hydrogen-bond acceptors (Lipinski definition) is 8. The molecular formula is C23H24N2O7. The van der Waals surface area contributed by atoms with E-state index in [9.17, 15) is 19.5 Å². The minimum Gasteiger partial charge on any atom is -0.468 e. The van der Waals surface area contributed by atoms with Gasteiger partial charge in [0.25, 0.3) is 5.72 Å². The summed E-state index contributed by atoms with van der Waals surface area (Å²) in [7, 11) is 2.58. The molecule has 5 atom stereocenters. The Bertz CT molecular complexity index is 1260. The van der Waals surface area contributed by atoms with Crippen molar-refractivity contribution in [3.8, 4) is 0 Å². The number of carbonyl (C=O) groups excluding carboxylic acids is 2. The number of oxazole rings is 1. The largest absolute Gasteiger partial charge is 0.468 e. The van der Waals surface area contributed by atoms with Crippen LogP contribution < -0.4 is 5.76 Å². The average molecular weight is 440 g/mol. The van der Waals surface area contributed by atoms with E-state index in [0.717, 1.165) is 10.1 Å². The maximum atomic E-state index is 13.2. The number of methoxy groups -OCH3 is 2. The minimum absolute atomic E-state index is 0.293. The van der Waals surface area contributed by atoms with Crippen LogP contribution in [0.1, 0.15) is 24.8 Å². The van der Waals surface area contributed by atoms with Gasteiger partial charge in [0, 0.05) is 23.9 Å². The molecule has 3 aliphatic heterocycles. The van der Waals surface area contributed by atoms with Crippen molar-refractivity contribution < 1.29 is 28.6 Å². The number of aliphatic hydroxyl groups is 1. The Hall–Kier alpha value is -2.91. The molecular weight excluding hydrogens is 416 g/mol. The molecule has 9 heteroatoms. The molecule has 2 aromatic rings. The van der Waals surface area contributed by atoms with Gasteiger partial charge in [0.2, 0.25) is 0 Å². The van der Waals surface area contributed by atoms with Crippen LogP contribution in [0.5, 0.6) is 0 Å². The van der Waals surface area contributed by atoms with E-state index >= 15 is 0 Å². The third kappa shape index (κ3) is 1.92. The fraction of sp³-hybridized carbons (Fsp3) is 0.522. The normalized spacial score (nSPS) is 37.1. The first-order valence-corrected chi connectivity index (χ1v) is 10.8. The predicted octanol–water partition coefficient (Wildman–Crippen LogP) is 0.877. The van der Waals surface area contributed by atoms with Crippen molar-refractivity contribution in [2.24, 2.45) is 11.3 Å². The first-order chi connectivity index (χ1) is 15.4. The molecule has 2 fully saturated rings. The summed E-state index contributed by atoms with van der Waals surface area (Å²) >= 11 is 0. The molecule has 6 rings (SSSR count). The summed E-state index contributed by atoms with van der Waals surface area (Å²) in [6, 6.07) is 5.05. The lowest BCUT2D eigenvalue weighted by Gasteiger charge is -2.60. The number of carbonyl (C=O) groups is 2. The van der Waals surface area contributed by atoms with Gasteiger partial charge in [0.05, 0.1) is 19.7 Å². The average Bonchev–Trinajstić information content (AvgIpc) is 3.36. The molecule has 0 amide bonds. The van der Waals surface area contributed by atoms with Crippen LogP contribution in [-0.2, 0) is 30.2 Å². The van der Waals surface area contributed by atoms with Crippen LogP contribution in [0.4, 0.5) is 0 Å². The van der Waals surface area contributed by atoms with Crippen LogP contribution in [0.15, 0.2) is 39.6 Å². The van der Waals surface area contributed by atoms with E-state index in [4.69, 9.17) is 13.9 Å². The highest BCUT2D eigenvalue weighted by Crippen LogP contribution is 2.65. The molecule has 168 valence electrons. The Kier molecular flexibility index (Phi) is 3.77. The van der Waals surface area contributed by atoms with E-state index in [1.165, 1.54) is 14.2 Å². The van der Waals surface area contributed by atoms with Crippen LogP contribution in [0, 0.1) is 11.3 Å². The first kappa shape index (κ1) is 19.8. The van der Waals surface area contributed by atoms with Crippen molar-refractivity contribution in [2.75, 3.05) is 27.3 Å². The highest BCUT2D eigenvalue weighted by atomic mass is 16.5. The zero-order valence-electron chi connectivity index (χ0n) is 17.9. The summed E-state index contributed by atoms with van der Waals surface area (Å²) in [4.78, 5) is 41.5. The van der Waals surface area contributed by atoms with Gasteiger partial charge in [-0.3, -0.25) is 9.69 Å². The van der Waals surface area contributed by atoms with Crippen molar-refractivity contribution in [1.29, 1.82) is 0 Å². The Labute approximate surface area is 183 Å². The summed E-state index contributed by atoms with van der Waals surface area (Å²) in [5.74, 6) is -2.72. The van der Waals surface area contributed by atoms with E-state index < -0.39 is 34.2 Å². The topological polar surface area (TPSA) is 111 Å². The number of esters is 2. The maximum Gasteiger partial charge on any atom is 0.422 e. The third-order valence-electron chi connectivity index (χ3n) is 8.36. The summed E-state index contributed by atoms with van der Waals surface area (Å²) in [6.45, 7) is 1.34. The first-order valence-electron chi connectivity index (χ1n) is 10.8. The molecule has 1 aromatic carbocycles. The van der Waals surface area contributed by atoms with Gasteiger partial charge in [0.1, 0.15) is 5.41 Å². The summed E-state index contributed by atoms with van der Waals surface area (Å²) in [6.07, 6.45) is 5.25. The van der Waals surface area contributed by atoms with Crippen LogP contribution in [0.2, 0.25) is 0 Å². The number of aromatic nitrogens is 1. The van der Waals surface area contributed by atoms with Gasteiger partial charge >= 0.3 is 17.7 Å². The maximum absolute atomic E-state index is 13.2. The lowest BCUT2D eigenvalue weighted by atomic mass is 9.48. The zero-order valence-corrected chi connectivity index (χ0v) is 17.9. The van der Waals surface area contributed by atoms with E-state index in [-0.39, 0.29) is 12.0 Å². The Balaban J connectivity index is 1.74. The highest BCUT2D eigenvalue weighted by Gasteiger charge is 2.73. The van der Waals surface area contributed by atoms with Gasteiger partial charge in [-0.25, -0.2) is 14.2 Å². The monoisotopic (exact) mass is 440 g/mol. The smallest absolute Gasteiger partial charge is 0.422 e. The van der Waals surface area contributed by atoms with Crippen molar-refractivity contribution in [3.05, 3.63) is 46.5 Å². The molecule has 1 aromatic heterocycles. The Morgan fingerprint density at radius 1 is 1.19 bits per heavy atom. The van der Waals surface area contributed by atoms with Crippen LogP contribution in [0.25, 0.3) is 11.1 Å². The number of benzene rings is 1. The van der Waals surface area contributed by atoms with Crippen LogP contribution in [0.3, 0.4) is 0 Å². The lowest BCUT2D eigenvalue weighted by molar-refractivity contribution is -0.205. The summed E-state index contributed by atoms with van der Waals surface area (Å²) in [5, 5.41) is 12.0. The number of nitrogens with zero attached hydrogens (tertiary/aromatic N) is 2. The second-order valence-electron chi connectivity index (χ2n) is 9.29. The van der Waals surface area contributed by atoms with Gasteiger partial charge in [0.15, 0.2) is 5.58 Å². The molecule has 4 aliphatic rings. The van der Waals surface area contributed by atoms with Crippen LogP contribution in [-0.4, -0.2) is 59.9 Å². The van der Waals surface area contributed by atoms with E-state index in [1.807, 2.05) is 24.3 Å². The molecule has 9 nitrogen and oxygen atoms in total. The highest BCUT2D eigenvalue weighted by molar-refractivity contribution is 5.88. The molecule has 0 unspecified atom stereocenters.